The second-order valence-corrected chi connectivity index (χ2v) is 6.26. The summed E-state index contributed by atoms with van der Waals surface area (Å²) in [6.45, 7) is 2.40. The summed E-state index contributed by atoms with van der Waals surface area (Å²) in [6.07, 6.45) is 3.68. The molecule has 25 heavy (non-hydrogen) atoms. The highest BCUT2D eigenvalue weighted by Crippen LogP contribution is 2.34. The maximum atomic E-state index is 12.7. The summed E-state index contributed by atoms with van der Waals surface area (Å²) in [6, 6.07) is 11.0. The van der Waals surface area contributed by atoms with Crippen LogP contribution in [0.15, 0.2) is 47.1 Å². The van der Waals surface area contributed by atoms with Gasteiger partial charge in [0.1, 0.15) is 5.76 Å². The van der Waals surface area contributed by atoms with Crippen molar-refractivity contribution in [2.45, 2.75) is 38.4 Å². The number of amides is 3. The summed E-state index contributed by atoms with van der Waals surface area (Å²) in [5, 5.41) is 5.56. The molecular formula is C19H23N3O3. The van der Waals surface area contributed by atoms with Crippen molar-refractivity contribution in [3.63, 3.8) is 0 Å². The number of carbonyl (C=O) groups excluding carboxylic acids is 2. The minimum absolute atomic E-state index is 0.0956. The molecule has 1 atom stereocenters. The summed E-state index contributed by atoms with van der Waals surface area (Å²) >= 11 is 0. The molecule has 0 aliphatic heterocycles. The fraction of sp³-hybridized carbons (Fsp3) is 0.368. The molecule has 1 aromatic heterocycles. The van der Waals surface area contributed by atoms with Gasteiger partial charge in [-0.2, -0.15) is 0 Å². The first kappa shape index (κ1) is 17.1. The lowest BCUT2D eigenvalue weighted by atomic mass is 10.1. The molecule has 3 rings (SSSR count). The standard InChI is InChI=1S/C19H23N3O3/c1-13(17-4-3-11-25-17)22(16-9-10-16)19(24)21-12-14-5-7-15(8-6-14)18(23)20-2/h3-8,11,13,16H,9-10,12H2,1-2H3,(H,20,23)(H,21,24)/t13-/m0/s1. The van der Waals surface area contributed by atoms with Gasteiger partial charge >= 0.3 is 6.03 Å². The summed E-state index contributed by atoms with van der Waals surface area (Å²) < 4.78 is 5.45. The summed E-state index contributed by atoms with van der Waals surface area (Å²) in [7, 11) is 1.60. The molecule has 132 valence electrons. The van der Waals surface area contributed by atoms with E-state index >= 15 is 0 Å². The third kappa shape index (κ3) is 4.02. The van der Waals surface area contributed by atoms with Gasteiger partial charge in [0, 0.05) is 25.2 Å². The smallest absolute Gasteiger partial charge is 0.318 e. The number of nitrogens with zero attached hydrogens (tertiary/aromatic N) is 1. The molecule has 0 spiro atoms. The SMILES string of the molecule is CNC(=O)c1ccc(CNC(=O)N(C2CC2)[C@@H](C)c2ccco2)cc1. The Morgan fingerprint density at radius 2 is 1.96 bits per heavy atom. The average Bonchev–Trinajstić information content (AvgIpc) is 3.31. The number of carbonyl (C=O) groups is 2. The lowest BCUT2D eigenvalue weighted by molar-refractivity contribution is 0.0963. The number of hydrogen-bond donors (Lipinski definition) is 2. The van der Waals surface area contributed by atoms with E-state index in [1.807, 2.05) is 36.1 Å². The lowest BCUT2D eigenvalue weighted by Gasteiger charge is -2.28. The molecule has 2 N–H and O–H groups in total. The van der Waals surface area contributed by atoms with Crippen LogP contribution in [-0.2, 0) is 6.54 Å². The van der Waals surface area contributed by atoms with Crippen LogP contribution in [0, 0.1) is 0 Å². The van der Waals surface area contributed by atoms with Crippen LogP contribution in [-0.4, -0.2) is 29.9 Å². The molecule has 0 saturated heterocycles. The van der Waals surface area contributed by atoms with Gasteiger partial charge in [0.05, 0.1) is 12.3 Å². The van der Waals surface area contributed by atoms with Gasteiger partial charge in [0.25, 0.3) is 5.91 Å². The minimum atomic E-state index is -0.122. The maximum absolute atomic E-state index is 12.7. The molecule has 3 amide bonds. The van der Waals surface area contributed by atoms with Crippen molar-refractivity contribution in [1.29, 1.82) is 0 Å². The van der Waals surface area contributed by atoms with Gasteiger partial charge in [0.15, 0.2) is 0 Å². The summed E-state index contributed by atoms with van der Waals surface area (Å²) in [5.41, 5.74) is 1.55. The Morgan fingerprint density at radius 1 is 1.24 bits per heavy atom. The summed E-state index contributed by atoms with van der Waals surface area (Å²) in [5.74, 6) is 0.666. The van der Waals surface area contributed by atoms with Crippen molar-refractivity contribution >= 4 is 11.9 Å². The van der Waals surface area contributed by atoms with E-state index in [-0.39, 0.29) is 24.0 Å². The largest absolute Gasteiger partial charge is 0.467 e. The topological polar surface area (TPSA) is 74.6 Å². The van der Waals surface area contributed by atoms with Gasteiger partial charge in [0.2, 0.25) is 0 Å². The maximum Gasteiger partial charge on any atom is 0.318 e. The molecule has 1 aromatic carbocycles. The Hall–Kier alpha value is -2.76. The predicted molar refractivity (Wildman–Crippen MR) is 94.1 cm³/mol. The van der Waals surface area contributed by atoms with Gasteiger partial charge in [-0.25, -0.2) is 4.79 Å². The molecule has 1 fully saturated rings. The first-order valence-corrected chi connectivity index (χ1v) is 8.50. The van der Waals surface area contributed by atoms with E-state index in [2.05, 4.69) is 10.6 Å². The van der Waals surface area contributed by atoms with Crippen molar-refractivity contribution in [2.75, 3.05) is 7.05 Å². The van der Waals surface area contributed by atoms with E-state index in [4.69, 9.17) is 4.42 Å². The van der Waals surface area contributed by atoms with Crippen LogP contribution >= 0.6 is 0 Å². The number of nitrogens with one attached hydrogen (secondary N) is 2. The molecule has 0 unspecified atom stereocenters. The van der Waals surface area contributed by atoms with E-state index in [0.29, 0.717) is 12.1 Å². The molecule has 1 saturated carbocycles. The van der Waals surface area contributed by atoms with Gasteiger partial charge in [-0.3, -0.25) is 4.79 Å². The Morgan fingerprint density at radius 3 is 2.52 bits per heavy atom. The molecule has 1 aliphatic rings. The van der Waals surface area contributed by atoms with Gasteiger partial charge in [-0.05, 0) is 49.6 Å². The molecule has 0 radical (unpaired) electrons. The highest BCUT2D eigenvalue weighted by Gasteiger charge is 2.37. The molecule has 6 heteroatoms. The van der Waals surface area contributed by atoms with Gasteiger partial charge < -0.3 is 20.0 Å². The molecule has 2 aromatic rings. The van der Waals surface area contributed by atoms with E-state index in [9.17, 15) is 9.59 Å². The Bertz CT molecular complexity index is 721. The quantitative estimate of drug-likeness (QED) is 0.848. The average molecular weight is 341 g/mol. The van der Waals surface area contributed by atoms with E-state index < -0.39 is 0 Å². The van der Waals surface area contributed by atoms with E-state index in [1.165, 1.54) is 0 Å². The molecule has 0 bridgehead atoms. The monoisotopic (exact) mass is 341 g/mol. The van der Waals surface area contributed by atoms with Crippen molar-refractivity contribution < 1.29 is 14.0 Å². The van der Waals surface area contributed by atoms with E-state index in [1.54, 1.807) is 25.4 Å². The third-order valence-electron chi connectivity index (χ3n) is 4.43. The second-order valence-electron chi connectivity index (χ2n) is 6.26. The number of hydrogen-bond acceptors (Lipinski definition) is 3. The Kier molecular flexibility index (Phi) is 5.07. The number of furan rings is 1. The first-order valence-electron chi connectivity index (χ1n) is 8.50. The van der Waals surface area contributed by atoms with Gasteiger partial charge in [-0.15, -0.1) is 0 Å². The Balaban J connectivity index is 1.61. The molecule has 6 nitrogen and oxygen atoms in total. The fourth-order valence-electron chi connectivity index (χ4n) is 2.86. The van der Waals surface area contributed by atoms with Crippen molar-refractivity contribution in [2.24, 2.45) is 0 Å². The summed E-state index contributed by atoms with van der Waals surface area (Å²) in [4.78, 5) is 26.1. The molecule has 1 aliphatic carbocycles. The first-order chi connectivity index (χ1) is 12.1. The highest BCUT2D eigenvalue weighted by atomic mass is 16.3. The van der Waals surface area contributed by atoms with Crippen LogP contribution in [0.4, 0.5) is 4.79 Å². The zero-order chi connectivity index (χ0) is 17.8. The van der Waals surface area contributed by atoms with Crippen LogP contribution < -0.4 is 10.6 Å². The normalized spacial score (nSPS) is 14.6. The van der Waals surface area contributed by atoms with E-state index in [0.717, 1.165) is 24.2 Å². The molecular weight excluding hydrogens is 318 g/mol. The van der Waals surface area contributed by atoms with Crippen molar-refractivity contribution in [1.82, 2.24) is 15.5 Å². The van der Waals surface area contributed by atoms with Crippen LogP contribution in [0.2, 0.25) is 0 Å². The van der Waals surface area contributed by atoms with Crippen LogP contribution in [0.5, 0.6) is 0 Å². The van der Waals surface area contributed by atoms with Crippen LogP contribution in [0.1, 0.15) is 47.5 Å². The van der Waals surface area contributed by atoms with Crippen molar-refractivity contribution in [3.05, 3.63) is 59.5 Å². The van der Waals surface area contributed by atoms with Gasteiger partial charge in [-0.1, -0.05) is 12.1 Å². The number of benzene rings is 1. The Labute approximate surface area is 147 Å². The zero-order valence-electron chi connectivity index (χ0n) is 14.5. The third-order valence-corrected chi connectivity index (χ3v) is 4.43. The van der Waals surface area contributed by atoms with Crippen molar-refractivity contribution in [3.8, 4) is 0 Å². The van der Waals surface area contributed by atoms with Crippen LogP contribution in [0.3, 0.4) is 0 Å². The predicted octanol–water partition coefficient (Wildman–Crippen LogP) is 3.07. The number of urea groups is 1. The minimum Gasteiger partial charge on any atom is -0.467 e. The zero-order valence-corrected chi connectivity index (χ0v) is 14.5. The highest BCUT2D eigenvalue weighted by molar-refractivity contribution is 5.93. The lowest BCUT2D eigenvalue weighted by Crippen LogP contribution is -2.42. The second kappa shape index (κ2) is 7.42. The van der Waals surface area contributed by atoms with Crippen LogP contribution in [0.25, 0.3) is 0 Å². The molecule has 1 heterocycles. The number of rotatable bonds is 6. The fourth-order valence-corrected chi connectivity index (χ4v) is 2.86.